The number of piperidine rings is 1. The fourth-order valence-electron chi connectivity index (χ4n) is 3.00. The van der Waals surface area contributed by atoms with Gasteiger partial charge in [0, 0.05) is 12.1 Å². The summed E-state index contributed by atoms with van der Waals surface area (Å²) in [5.74, 6) is 0.680. The molecular formula is C19H30N2O2. The first kappa shape index (κ1) is 17.8. The summed E-state index contributed by atoms with van der Waals surface area (Å²) in [5.41, 5.74) is 1.11. The summed E-state index contributed by atoms with van der Waals surface area (Å²) < 4.78 is 5.74. The van der Waals surface area contributed by atoms with Gasteiger partial charge in [-0.05, 0) is 71.3 Å². The largest absolute Gasteiger partial charge is 0.481 e. The third-order valence-electron chi connectivity index (χ3n) is 4.58. The Hall–Kier alpha value is -1.55. The van der Waals surface area contributed by atoms with Gasteiger partial charge in [0.15, 0.2) is 6.10 Å². The maximum absolute atomic E-state index is 12.3. The van der Waals surface area contributed by atoms with E-state index in [2.05, 4.69) is 24.1 Å². The van der Waals surface area contributed by atoms with Crippen LogP contribution in [-0.2, 0) is 4.79 Å². The monoisotopic (exact) mass is 318 g/mol. The number of aryl methyl sites for hydroxylation is 1. The second-order valence-electron chi connectivity index (χ2n) is 7.15. The smallest absolute Gasteiger partial charge is 0.260 e. The molecule has 0 radical (unpaired) electrons. The van der Waals surface area contributed by atoms with Crippen molar-refractivity contribution in [3.8, 4) is 5.75 Å². The molecule has 1 amide bonds. The van der Waals surface area contributed by atoms with Crippen LogP contribution in [0.1, 0.15) is 45.6 Å². The standard InChI is InChI=1S/C19H30N2O2/c1-15-9-8-10-17(13-15)23-16(2)18(22)20-14-19(3,4)21-11-6-5-7-12-21/h8-10,13,16H,5-7,11-12,14H2,1-4H3,(H,20,22). The Morgan fingerprint density at radius 3 is 2.65 bits per heavy atom. The molecule has 23 heavy (non-hydrogen) atoms. The molecule has 1 aliphatic rings. The van der Waals surface area contributed by atoms with E-state index in [1.807, 2.05) is 31.2 Å². The molecule has 2 rings (SSSR count). The molecule has 0 spiro atoms. The Morgan fingerprint density at radius 1 is 1.30 bits per heavy atom. The lowest BCUT2D eigenvalue weighted by Crippen LogP contribution is -2.54. The fourth-order valence-corrected chi connectivity index (χ4v) is 3.00. The molecule has 0 aliphatic carbocycles. The van der Waals surface area contributed by atoms with E-state index in [-0.39, 0.29) is 11.4 Å². The molecule has 1 N–H and O–H groups in total. The summed E-state index contributed by atoms with van der Waals surface area (Å²) in [4.78, 5) is 14.8. The highest BCUT2D eigenvalue weighted by atomic mass is 16.5. The van der Waals surface area contributed by atoms with Gasteiger partial charge in [-0.1, -0.05) is 18.6 Å². The van der Waals surface area contributed by atoms with Crippen LogP contribution in [0, 0.1) is 6.92 Å². The molecule has 1 atom stereocenters. The number of amides is 1. The zero-order valence-corrected chi connectivity index (χ0v) is 14.9. The van der Waals surface area contributed by atoms with Gasteiger partial charge in [0.1, 0.15) is 5.75 Å². The molecule has 1 saturated heterocycles. The van der Waals surface area contributed by atoms with E-state index in [9.17, 15) is 4.79 Å². The molecule has 1 aromatic rings. The lowest BCUT2D eigenvalue weighted by molar-refractivity contribution is -0.127. The number of benzene rings is 1. The van der Waals surface area contributed by atoms with Crippen LogP contribution in [0.4, 0.5) is 0 Å². The number of hydrogen-bond donors (Lipinski definition) is 1. The topological polar surface area (TPSA) is 41.6 Å². The van der Waals surface area contributed by atoms with Crippen molar-refractivity contribution in [1.82, 2.24) is 10.2 Å². The Bertz CT molecular complexity index is 522. The van der Waals surface area contributed by atoms with Gasteiger partial charge < -0.3 is 10.1 Å². The highest BCUT2D eigenvalue weighted by molar-refractivity contribution is 5.80. The van der Waals surface area contributed by atoms with Crippen LogP contribution >= 0.6 is 0 Å². The van der Waals surface area contributed by atoms with Crippen molar-refractivity contribution >= 4 is 5.91 Å². The van der Waals surface area contributed by atoms with Crippen molar-refractivity contribution in [2.75, 3.05) is 19.6 Å². The highest BCUT2D eigenvalue weighted by Gasteiger charge is 2.29. The first-order valence-electron chi connectivity index (χ1n) is 8.64. The summed E-state index contributed by atoms with van der Waals surface area (Å²) in [5, 5.41) is 3.05. The zero-order valence-electron chi connectivity index (χ0n) is 14.9. The Morgan fingerprint density at radius 2 is 2.00 bits per heavy atom. The summed E-state index contributed by atoms with van der Waals surface area (Å²) in [6.07, 6.45) is 3.34. The number of nitrogens with one attached hydrogen (secondary N) is 1. The van der Waals surface area contributed by atoms with Gasteiger partial charge in [-0.25, -0.2) is 0 Å². The van der Waals surface area contributed by atoms with Crippen molar-refractivity contribution in [2.45, 2.75) is 58.6 Å². The second kappa shape index (κ2) is 7.82. The number of nitrogens with zero attached hydrogens (tertiary/aromatic N) is 1. The first-order valence-corrected chi connectivity index (χ1v) is 8.64. The van der Waals surface area contributed by atoms with Crippen LogP contribution in [0.25, 0.3) is 0 Å². The van der Waals surface area contributed by atoms with Gasteiger partial charge in [-0.3, -0.25) is 9.69 Å². The van der Waals surface area contributed by atoms with E-state index in [0.29, 0.717) is 6.54 Å². The average Bonchev–Trinajstić information content (AvgIpc) is 2.53. The maximum Gasteiger partial charge on any atom is 0.260 e. The predicted octanol–water partition coefficient (Wildman–Crippen LogP) is 3.14. The van der Waals surface area contributed by atoms with E-state index in [4.69, 9.17) is 4.74 Å². The van der Waals surface area contributed by atoms with Crippen LogP contribution in [0.5, 0.6) is 5.75 Å². The number of ether oxygens (including phenoxy) is 1. The van der Waals surface area contributed by atoms with Crippen LogP contribution in [0.15, 0.2) is 24.3 Å². The average molecular weight is 318 g/mol. The van der Waals surface area contributed by atoms with Crippen LogP contribution in [-0.4, -0.2) is 42.1 Å². The van der Waals surface area contributed by atoms with Crippen molar-refractivity contribution in [3.63, 3.8) is 0 Å². The molecule has 4 nitrogen and oxygen atoms in total. The molecule has 1 aromatic carbocycles. The molecule has 0 saturated carbocycles. The first-order chi connectivity index (χ1) is 10.9. The minimum atomic E-state index is -0.492. The molecular weight excluding hydrogens is 288 g/mol. The third-order valence-corrected chi connectivity index (χ3v) is 4.58. The molecule has 1 heterocycles. The van der Waals surface area contributed by atoms with Crippen molar-refractivity contribution in [3.05, 3.63) is 29.8 Å². The normalized spacial score (nSPS) is 17.6. The lowest BCUT2D eigenvalue weighted by atomic mass is 9.98. The van der Waals surface area contributed by atoms with Gasteiger partial charge in [-0.15, -0.1) is 0 Å². The van der Waals surface area contributed by atoms with Crippen LogP contribution < -0.4 is 10.1 Å². The summed E-state index contributed by atoms with van der Waals surface area (Å²) >= 11 is 0. The quantitative estimate of drug-likeness (QED) is 0.876. The Balaban J connectivity index is 1.83. The van der Waals surface area contributed by atoms with Gasteiger partial charge in [0.25, 0.3) is 5.91 Å². The van der Waals surface area contributed by atoms with E-state index in [1.54, 1.807) is 6.92 Å². The third kappa shape index (κ3) is 5.24. The van der Waals surface area contributed by atoms with E-state index in [1.165, 1.54) is 19.3 Å². The van der Waals surface area contributed by atoms with Gasteiger partial charge in [-0.2, -0.15) is 0 Å². The van der Waals surface area contributed by atoms with Crippen molar-refractivity contribution in [2.24, 2.45) is 0 Å². The highest BCUT2D eigenvalue weighted by Crippen LogP contribution is 2.20. The molecule has 128 valence electrons. The summed E-state index contributed by atoms with van der Waals surface area (Å²) in [7, 11) is 0. The van der Waals surface area contributed by atoms with E-state index >= 15 is 0 Å². The van der Waals surface area contributed by atoms with Gasteiger partial charge in [0.2, 0.25) is 0 Å². The molecule has 1 unspecified atom stereocenters. The van der Waals surface area contributed by atoms with E-state index < -0.39 is 6.10 Å². The summed E-state index contributed by atoms with van der Waals surface area (Å²) in [6, 6.07) is 7.78. The second-order valence-corrected chi connectivity index (χ2v) is 7.15. The molecule has 0 bridgehead atoms. The van der Waals surface area contributed by atoms with Gasteiger partial charge in [0.05, 0.1) is 0 Å². The Kier molecular flexibility index (Phi) is 6.05. The SMILES string of the molecule is Cc1cccc(OC(C)C(=O)NCC(C)(C)N2CCCCC2)c1. The number of likely N-dealkylation sites (tertiary alicyclic amines) is 1. The number of rotatable bonds is 6. The molecule has 0 aromatic heterocycles. The number of carbonyl (C=O) groups is 1. The van der Waals surface area contributed by atoms with Crippen LogP contribution in [0.2, 0.25) is 0 Å². The molecule has 4 heteroatoms. The summed E-state index contributed by atoms with van der Waals surface area (Å²) in [6.45, 7) is 11.1. The number of carbonyl (C=O) groups excluding carboxylic acids is 1. The minimum absolute atomic E-state index is 0.0147. The molecule has 1 fully saturated rings. The molecule has 1 aliphatic heterocycles. The maximum atomic E-state index is 12.3. The predicted molar refractivity (Wildman–Crippen MR) is 93.8 cm³/mol. The van der Waals surface area contributed by atoms with Crippen LogP contribution in [0.3, 0.4) is 0 Å². The number of hydrogen-bond acceptors (Lipinski definition) is 3. The minimum Gasteiger partial charge on any atom is -0.481 e. The lowest BCUT2D eigenvalue weighted by Gasteiger charge is -2.41. The zero-order chi connectivity index (χ0) is 16.9. The Labute approximate surface area is 140 Å². The fraction of sp³-hybridized carbons (Fsp3) is 0.632. The van der Waals surface area contributed by atoms with Crippen molar-refractivity contribution in [1.29, 1.82) is 0 Å². The van der Waals surface area contributed by atoms with Gasteiger partial charge >= 0.3 is 0 Å². The van der Waals surface area contributed by atoms with Crippen molar-refractivity contribution < 1.29 is 9.53 Å². The van der Waals surface area contributed by atoms with E-state index in [0.717, 1.165) is 24.4 Å².